The number of benzene rings is 1. The zero-order chi connectivity index (χ0) is 10.8. The summed E-state index contributed by atoms with van der Waals surface area (Å²) in [5, 5.41) is 0. The quantitative estimate of drug-likeness (QED) is 0.683. The van der Waals surface area contributed by atoms with Crippen LogP contribution in [-0.2, 0) is 0 Å². The van der Waals surface area contributed by atoms with Crippen LogP contribution in [0.5, 0.6) is 0 Å². The number of amidine groups is 1. The van der Waals surface area contributed by atoms with E-state index in [0.717, 1.165) is 6.54 Å². The Morgan fingerprint density at radius 2 is 2.07 bits per heavy atom. The molecule has 0 bridgehead atoms. The van der Waals surface area contributed by atoms with Gasteiger partial charge in [-0.2, -0.15) is 0 Å². The molecular weight excluding hydrogens is 184 g/mol. The molecular formula is C13H18N2. The monoisotopic (exact) mass is 202 g/mol. The average molecular weight is 202 g/mol. The van der Waals surface area contributed by atoms with E-state index >= 15 is 0 Å². The van der Waals surface area contributed by atoms with Gasteiger partial charge in [0.2, 0.25) is 0 Å². The van der Waals surface area contributed by atoms with Crippen LogP contribution in [0.4, 0.5) is 5.69 Å². The number of hydrogen-bond acceptors (Lipinski definition) is 2. The highest BCUT2D eigenvalue weighted by atomic mass is 15.2. The zero-order valence-corrected chi connectivity index (χ0v) is 9.70. The van der Waals surface area contributed by atoms with E-state index in [4.69, 9.17) is 0 Å². The van der Waals surface area contributed by atoms with Crippen molar-refractivity contribution in [1.29, 1.82) is 0 Å². The fraction of sp³-hybridized carbons (Fsp3) is 0.462. The van der Waals surface area contributed by atoms with Gasteiger partial charge in [-0.1, -0.05) is 25.1 Å². The van der Waals surface area contributed by atoms with Gasteiger partial charge in [-0.05, 0) is 25.0 Å². The van der Waals surface area contributed by atoms with E-state index in [9.17, 15) is 0 Å². The molecule has 0 aliphatic carbocycles. The minimum atomic E-state index is 0.592. The van der Waals surface area contributed by atoms with Gasteiger partial charge in [0.1, 0.15) is 5.84 Å². The van der Waals surface area contributed by atoms with Gasteiger partial charge in [-0.3, -0.25) is 4.99 Å². The highest BCUT2D eigenvalue weighted by Gasteiger charge is 2.21. The number of aryl methyl sites for hydroxylation is 1. The Kier molecular flexibility index (Phi) is 2.76. The van der Waals surface area contributed by atoms with Crippen LogP contribution < -0.4 is 4.90 Å². The van der Waals surface area contributed by atoms with E-state index in [0.29, 0.717) is 5.92 Å². The summed E-state index contributed by atoms with van der Waals surface area (Å²) in [6, 6.07) is 8.46. The smallest absolute Gasteiger partial charge is 0.106 e. The summed E-state index contributed by atoms with van der Waals surface area (Å²) in [5.41, 5.74) is 2.58. The Balaban J connectivity index is 2.28. The van der Waals surface area contributed by atoms with E-state index in [1.165, 1.54) is 23.5 Å². The Hall–Kier alpha value is -1.31. The van der Waals surface area contributed by atoms with Crippen molar-refractivity contribution in [3.63, 3.8) is 0 Å². The molecule has 2 rings (SSSR count). The van der Waals surface area contributed by atoms with Gasteiger partial charge in [-0.25, -0.2) is 0 Å². The maximum absolute atomic E-state index is 4.58. The molecule has 0 N–H and O–H groups in total. The molecule has 2 heteroatoms. The predicted octanol–water partition coefficient (Wildman–Crippen LogP) is 2.87. The predicted molar refractivity (Wildman–Crippen MR) is 65.7 cm³/mol. The molecule has 0 amide bonds. The van der Waals surface area contributed by atoms with E-state index in [1.807, 2.05) is 0 Å². The molecule has 0 aromatic heterocycles. The summed E-state index contributed by atoms with van der Waals surface area (Å²) in [7, 11) is 2.11. The third-order valence-corrected chi connectivity index (χ3v) is 3.10. The van der Waals surface area contributed by atoms with Crippen LogP contribution in [0.2, 0.25) is 0 Å². The van der Waals surface area contributed by atoms with Gasteiger partial charge < -0.3 is 4.90 Å². The van der Waals surface area contributed by atoms with Crippen molar-refractivity contribution in [2.45, 2.75) is 20.3 Å². The van der Waals surface area contributed by atoms with Gasteiger partial charge in [0, 0.05) is 25.2 Å². The number of nitrogens with zero attached hydrogens (tertiary/aromatic N) is 2. The van der Waals surface area contributed by atoms with Crippen molar-refractivity contribution in [2.75, 3.05) is 18.5 Å². The van der Waals surface area contributed by atoms with E-state index < -0.39 is 0 Å². The topological polar surface area (TPSA) is 15.6 Å². The van der Waals surface area contributed by atoms with Crippen molar-refractivity contribution < 1.29 is 0 Å². The molecule has 1 atom stereocenters. The number of hydrogen-bond donors (Lipinski definition) is 0. The van der Waals surface area contributed by atoms with Crippen LogP contribution in [0.15, 0.2) is 29.3 Å². The second kappa shape index (κ2) is 4.05. The number of aliphatic imine (C=N–C) groups is 1. The highest BCUT2D eigenvalue weighted by Crippen LogP contribution is 2.23. The molecule has 15 heavy (non-hydrogen) atoms. The minimum Gasteiger partial charge on any atom is -0.333 e. The second-order valence-electron chi connectivity index (χ2n) is 4.28. The lowest BCUT2D eigenvalue weighted by Gasteiger charge is -2.23. The molecule has 0 radical (unpaired) electrons. The van der Waals surface area contributed by atoms with E-state index in [-0.39, 0.29) is 0 Å². The lowest BCUT2D eigenvalue weighted by Crippen LogP contribution is -2.29. The normalized spacial score (nSPS) is 20.2. The van der Waals surface area contributed by atoms with Gasteiger partial charge in [0.05, 0.1) is 0 Å². The van der Waals surface area contributed by atoms with Gasteiger partial charge in [0.25, 0.3) is 0 Å². The van der Waals surface area contributed by atoms with Crippen molar-refractivity contribution in [3.05, 3.63) is 29.8 Å². The molecule has 2 nitrogen and oxygen atoms in total. The summed E-state index contributed by atoms with van der Waals surface area (Å²) < 4.78 is 0. The molecule has 0 saturated carbocycles. The van der Waals surface area contributed by atoms with Crippen molar-refractivity contribution in [1.82, 2.24) is 0 Å². The Labute approximate surface area is 91.6 Å². The Morgan fingerprint density at radius 3 is 2.67 bits per heavy atom. The Morgan fingerprint density at radius 1 is 1.33 bits per heavy atom. The standard InChI is InChI=1S/C13H18N2/c1-10-6-4-5-7-12(10)15(3)13-11(2)8-9-14-13/h4-7,11H,8-9H2,1-3H3. The molecule has 0 fully saturated rings. The van der Waals surface area contributed by atoms with Crippen molar-refractivity contribution >= 4 is 11.5 Å². The minimum absolute atomic E-state index is 0.592. The van der Waals surface area contributed by atoms with Crippen molar-refractivity contribution in [2.24, 2.45) is 10.9 Å². The lowest BCUT2D eigenvalue weighted by atomic mass is 10.1. The molecule has 1 aromatic carbocycles. The van der Waals surface area contributed by atoms with Crippen LogP contribution >= 0.6 is 0 Å². The fourth-order valence-electron chi connectivity index (χ4n) is 2.16. The first kappa shape index (κ1) is 10.2. The van der Waals surface area contributed by atoms with Gasteiger partial charge in [0.15, 0.2) is 0 Å². The largest absolute Gasteiger partial charge is 0.333 e. The maximum Gasteiger partial charge on any atom is 0.106 e. The molecule has 1 aliphatic heterocycles. The number of para-hydroxylation sites is 1. The SMILES string of the molecule is Cc1ccccc1N(C)C1=NCCC1C. The third kappa shape index (κ3) is 1.89. The fourth-order valence-corrected chi connectivity index (χ4v) is 2.16. The first-order chi connectivity index (χ1) is 7.20. The van der Waals surface area contributed by atoms with E-state index in [2.05, 4.69) is 55.1 Å². The molecule has 0 spiro atoms. The molecule has 1 unspecified atom stereocenters. The third-order valence-electron chi connectivity index (χ3n) is 3.10. The first-order valence-corrected chi connectivity index (χ1v) is 5.54. The second-order valence-corrected chi connectivity index (χ2v) is 4.28. The zero-order valence-electron chi connectivity index (χ0n) is 9.70. The molecule has 80 valence electrons. The van der Waals surface area contributed by atoms with E-state index in [1.54, 1.807) is 0 Å². The van der Waals surface area contributed by atoms with Crippen LogP contribution in [0.3, 0.4) is 0 Å². The summed E-state index contributed by atoms with van der Waals surface area (Å²) in [4.78, 5) is 6.81. The maximum atomic E-state index is 4.58. The highest BCUT2D eigenvalue weighted by molar-refractivity contribution is 6.00. The van der Waals surface area contributed by atoms with Gasteiger partial charge >= 0.3 is 0 Å². The van der Waals surface area contributed by atoms with Crippen LogP contribution in [0.1, 0.15) is 18.9 Å². The summed E-state index contributed by atoms with van der Waals surface area (Å²) >= 11 is 0. The summed E-state index contributed by atoms with van der Waals surface area (Å²) in [5.74, 6) is 1.82. The summed E-state index contributed by atoms with van der Waals surface area (Å²) in [6.07, 6.45) is 1.19. The number of anilines is 1. The summed E-state index contributed by atoms with van der Waals surface area (Å²) in [6.45, 7) is 5.37. The van der Waals surface area contributed by atoms with Crippen LogP contribution in [-0.4, -0.2) is 19.4 Å². The van der Waals surface area contributed by atoms with Crippen LogP contribution in [0, 0.1) is 12.8 Å². The van der Waals surface area contributed by atoms with Crippen LogP contribution in [0.25, 0.3) is 0 Å². The molecule has 1 aromatic rings. The molecule has 1 aliphatic rings. The molecule has 1 heterocycles. The average Bonchev–Trinajstić information content (AvgIpc) is 2.64. The number of rotatable bonds is 1. The Bertz CT molecular complexity index is 382. The molecule has 0 saturated heterocycles. The first-order valence-electron chi connectivity index (χ1n) is 5.54. The van der Waals surface area contributed by atoms with Gasteiger partial charge in [-0.15, -0.1) is 0 Å². The van der Waals surface area contributed by atoms with Crippen molar-refractivity contribution in [3.8, 4) is 0 Å². The lowest BCUT2D eigenvalue weighted by molar-refractivity contribution is 0.743.